The van der Waals surface area contributed by atoms with Gasteiger partial charge in [0.1, 0.15) is 5.75 Å². The SMILES string of the molecule is CCNC(=NCc1cccc(OCC)c1)NCc1ccccc1CN1CCOCC1. The van der Waals surface area contributed by atoms with Crippen molar-refractivity contribution in [3.05, 3.63) is 65.2 Å². The summed E-state index contributed by atoms with van der Waals surface area (Å²) in [6.45, 7) is 11.5. The first-order valence-corrected chi connectivity index (χ1v) is 10.9. The van der Waals surface area contributed by atoms with E-state index in [-0.39, 0.29) is 0 Å². The predicted molar refractivity (Wildman–Crippen MR) is 122 cm³/mol. The maximum absolute atomic E-state index is 5.59. The summed E-state index contributed by atoms with van der Waals surface area (Å²) < 4.78 is 11.1. The topological polar surface area (TPSA) is 58.1 Å². The molecular weight excluding hydrogens is 376 g/mol. The number of morpholine rings is 1. The van der Waals surface area contributed by atoms with Crippen LogP contribution in [0.5, 0.6) is 5.75 Å². The fourth-order valence-electron chi connectivity index (χ4n) is 3.48. The Hall–Kier alpha value is -2.57. The van der Waals surface area contributed by atoms with Crippen LogP contribution in [0.4, 0.5) is 0 Å². The lowest BCUT2D eigenvalue weighted by molar-refractivity contribution is 0.0341. The smallest absolute Gasteiger partial charge is 0.191 e. The van der Waals surface area contributed by atoms with Crippen molar-refractivity contribution in [2.24, 2.45) is 4.99 Å². The lowest BCUT2D eigenvalue weighted by atomic mass is 10.1. The molecular formula is C24H34N4O2. The molecule has 1 heterocycles. The summed E-state index contributed by atoms with van der Waals surface area (Å²) in [5.74, 6) is 1.71. The molecule has 0 aliphatic carbocycles. The van der Waals surface area contributed by atoms with Crippen LogP contribution < -0.4 is 15.4 Å². The highest BCUT2D eigenvalue weighted by Crippen LogP contribution is 2.15. The van der Waals surface area contributed by atoms with Crippen LogP contribution in [-0.2, 0) is 24.4 Å². The van der Waals surface area contributed by atoms with Crippen LogP contribution >= 0.6 is 0 Å². The fraction of sp³-hybridized carbons (Fsp3) is 0.458. The largest absolute Gasteiger partial charge is 0.494 e. The lowest BCUT2D eigenvalue weighted by Crippen LogP contribution is -2.38. The number of rotatable bonds is 9. The Labute approximate surface area is 180 Å². The quantitative estimate of drug-likeness (QED) is 0.491. The van der Waals surface area contributed by atoms with Crippen molar-refractivity contribution in [1.29, 1.82) is 0 Å². The number of nitrogens with one attached hydrogen (secondary N) is 2. The average molecular weight is 411 g/mol. The average Bonchev–Trinajstić information content (AvgIpc) is 2.78. The minimum Gasteiger partial charge on any atom is -0.494 e. The first-order valence-electron chi connectivity index (χ1n) is 10.9. The van der Waals surface area contributed by atoms with E-state index in [0.29, 0.717) is 13.2 Å². The van der Waals surface area contributed by atoms with Gasteiger partial charge in [-0.15, -0.1) is 0 Å². The molecule has 0 bridgehead atoms. The lowest BCUT2D eigenvalue weighted by Gasteiger charge is -2.27. The van der Waals surface area contributed by atoms with E-state index in [1.807, 2.05) is 25.1 Å². The van der Waals surface area contributed by atoms with Crippen molar-refractivity contribution in [2.75, 3.05) is 39.5 Å². The molecule has 1 aliphatic heterocycles. The molecule has 0 unspecified atom stereocenters. The van der Waals surface area contributed by atoms with Gasteiger partial charge in [-0.2, -0.15) is 0 Å². The number of hydrogen-bond donors (Lipinski definition) is 2. The van der Waals surface area contributed by atoms with Gasteiger partial charge in [0.05, 0.1) is 26.4 Å². The maximum Gasteiger partial charge on any atom is 0.191 e. The zero-order valence-corrected chi connectivity index (χ0v) is 18.2. The van der Waals surface area contributed by atoms with Crippen molar-refractivity contribution >= 4 is 5.96 Å². The molecule has 2 aromatic carbocycles. The number of nitrogens with zero attached hydrogens (tertiary/aromatic N) is 2. The Morgan fingerprint density at radius 3 is 2.60 bits per heavy atom. The van der Waals surface area contributed by atoms with Crippen LogP contribution in [0.15, 0.2) is 53.5 Å². The van der Waals surface area contributed by atoms with Crippen molar-refractivity contribution in [1.82, 2.24) is 15.5 Å². The molecule has 3 rings (SSSR count). The van der Waals surface area contributed by atoms with Crippen molar-refractivity contribution in [3.63, 3.8) is 0 Å². The van der Waals surface area contributed by atoms with Crippen LogP contribution in [0.25, 0.3) is 0 Å². The third kappa shape index (κ3) is 7.04. The predicted octanol–water partition coefficient (Wildman–Crippen LogP) is 3.17. The Morgan fingerprint density at radius 1 is 1.03 bits per heavy atom. The van der Waals surface area contributed by atoms with E-state index in [1.165, 1.54) is 11.1 Å². The molecule has 0 radical (unpaired) electrons. The molecule has 1 fully saturated rings. The second kappa shape index (κ2) is 12.2. The number of ether oxygens (including phenoxy) is 2. The first-order chi connectivity index (χ1) is 14.8. The highest BCUT2D eigenvalue weighted by molar-refractivity contribution is 5.79. The Bertz CT molecular complexity index is 803. The van der Waals surface area contributed by atoms with Crippen LogP contribution in [0.2, 0.25) is 0 Å². The second-order valence-corrected chi connectivity index (χ2v) is 7.29. The van der Waals surface area contributed by atoms with Crippen LogP contribution in [0.1, 0.15) is 30.5 Å². The van der Waals surface area contributed by atoms with Gasteiger partial charge in [0.15, 0.2) is 5.96 Å². The molecule has 6 heteroatoms. The standard InChI is InChI=1S/C24H34N4O2/c1-3-25-24(26-17-20-8-7-11-23(16-20)30-4-2)27-18-21-9-5-6-10-22(21)19-28-12-14-29-15-13-28/h5-11,16H,3-4,12-15,17-19H2,1-2H3,(H2,25,26,27). The summed E-state index contributed by atoms with van der Waals surface area (Å²) in [5, 5.41) is 6.83. The summed E-state index contributed by atoms with van der Waals surface area (Å²) >= 11 is 0. The van der Waals surface area contributed by atoms with Gasteiger partial charge in [0.2, 0.25) is 0 Å². The maximum atomic E-state index is 5.59. The van der Waals surface area contributed by atoms with E-state index in [9.17, 15) is 0 Å². The highest BCUT2D eigenvalue weighted by Gasteiger charge is 2.12. The molecule has 6 nitrogen and oxygen atoms in total. The Kier molecular flexibility index (Phi) is 9.00. The first kappa shape index (κ1) is 22.1. The van der Waals surface area contributed by atoms with Crippen LogP contribution in [0, 0.1) is 0 Å². The summed E-state index contributed by atoms with van der Waals surface area (Å²) in [7, 11) is 0. The van der Waals surface area contributed by atoms with Crippen LogP contribution in [-0.4, -0.2) is 50.3 Å². The summed E-state index contributed by atoms with van der Waals surface area (Å²) in [4.78, 5) is 7.21. The summed E-state index contributed by atoms with van der Waals surface area (Å²) in [5.41, 5.74) is 3.78. The molecule has 1 saturated heterocycles. The number of hydrogen-bond acceptors (Lipinski definition) is 4. The van der Waals surface area contributed by atoms with Gasteiger partial charge in [-0.05, 0) is 42.7 Å². The van der Waals surface area contributed by atoms with E-state index >= 15 is 0 Å². The molecule has 30 heavy (non-hydrogen) atoms. The fourth-order valence-corrected chi connectivity index (χ4v) is 3.48. The summed E-state index contributed by atoms with van der Waals surface area (Å²) in [6.07, 6.45) is 0. The molecule has 1 aliphatic rings. The van der Waals surface area contributed by atoms with Gasteiger partial charge in [0.25, 0.3) is 0 Å². The second-order valence-electron chi connectivity index (χ2n) is 7.29. The third-order valence-corrected chi connectivity index (χ3v) is 5.04. The van der Waals surface area contributed by atoms with Gasteiger partial charge < -0.3 is 20.1 Å². The number of aliphatic imine (C=N–C) groups is 1. The molecule has 0 spiro atoms. The minimum absolute atomic E-state index is 0.603. The molecule has 0 saturated carbocycles. The van der Waals surface area contributed by atoms with Gasteiger partial charge >= 0.3 is 0 Å². The van der Waals surface area contributed by atoms with Crippen molar-refractivity contribution < 1.29 is 9.47 Å². The Morgan fingerprint density at radius 2 is 1.83 bits per heavy atom. The zero-order valence-electron chi connectivity index (χ0n) is 18.2. The van der Waals surface area contributed by atoms with E-state index in [1.54, 1.807) is 0 Å². The van der Waals surface area contributed by atoms with Gasteiger partial charge in [-0.1, -0.05) is 36.4 Å². The summed E-state index contributed by atoms with van der Waals surface area (Å²) in [6, 6.07) is 16.7. The van der Waals surface area contributed by atoms with E-state index in [4.69, 9.17) is 14.5 Å². The number of guanidine groups is 1. The van der Waals surface area contributed by atoms with Crippen molar-refractivity contribution in [2.45, 2.75) is 33.5 Å². The van der Waals surface area contributed by atoms with E-state index in [2.05, 4.69) is 52.8 Å². The molecule has 2 N–H and O–H groups in total. The van der Waals surface area contributed by atoms with Gasteiger partial charge in [-0.3, -0.25) is 4.90 Å². The molecule has 0 atom stereocenters. The third-order valence-electron chi connectivity index (χ3n) is 5.04. The highest BCUT2D eigenvalue weighted by atomic mass is 16.5. The molecule has 162 valence electrons. The van der Waals surface area contributed by atoms with Gasteiger partial charge in [-0.25, -0.2) is 4.99 Å². The van der Waals surface area contributed by atoms with E-state index in [0.717, 1.165) is 63.2 Å². The molecule has 0 amide bonds. The Balaban J connectivity index is 1.61. The van der Waals surface area contributed by atoms with E-state index < -0.39 is 0 Å². The van der Waals surface area contributed by atoms with Crippen molar-refractivity contribution in [3.8, 4) is 5.75 Å². The zero-order chi connectivity index (χ0) is 21.0. The van der Waals surface area contributed by atoms with Gasteiger partial charge in [0, 0.05) is 32.7 Å². The normalized spacial score (nSPS) is 15.1. The number of benzene rings is 2. The van der Waals surface area contributed by atoms with Crippen LogP contribution in [0.3, 0.4) is 0 Å². The monoisotopic (exact) mass is 410 g/mol. The molecule has 0 aromatic heterocycles. The molecule has 2 aromatic rings. The minimum atomic E-state index is 0.603.